The highest BCUT2D eigenvalue weighted by Crippen LogP contribution is 2.57. The summed E-state index contributed by atoms with van der Waals surface area (Å²) in [5.41, 5.74) is 0.676. The molecule has 1 heterocycles. The number of likely N-dealkylation sites (tertiary alicyclic amines) is 1. The van der Waals surface area contributed by atoms with E-state index in [0.29, 0.717) is 5.57 Å². The van der Waals surface area contributed by atoms with Crippen LogP contribution in [0, 0.1) is 17.8 Å². The molecule has 11 heteroatoms. The number of alkyl halides is 3. The van der Waals surface area contributed by atoms with Gasteiger partial charge < -0.3 is 9.84 Å². The van der Waals surface area contributed by atoms with E-state index in [1.165, 1.54) is 4.90 Å². The molecule has 210 valence electrons. The summed E-state index contributed by atoms with van der Waals surface area (Å²) in [7, 11) is 0. The number of hydrogen-bond acceptors (Lipinski definition) is 6. The molecule has 0 spiro atoms. The fourth-order valence-electron chi connectivity index (χ4n) is 7.25. The number of benzene rings is 1. The lowest BCUT2D eigenvalue weighted by atomic mass is 9.59. The third kappa shape index (κ3) is 4.33. The number of halogens is 4. The summed E-state index contributed by atoms with van der Waals surface area (Å²) in [6.07, 6.45) is 2.51. The molecule has 4 atom stereocenters. The monoisotopic (exact) mass is 619 g/mol. The molecule has 0 aromatic heterocycles. The van der Waals surface area contributed by atoms with Gasteiger partial charge in [0.2, 0.25) is 11.8 Å². The molecule has 40 heavy (non-hydrogen) atoms. The highest BCUT2D eigenvalue weighted by molar-refractivity contribution is 9.12. The molecule has 7 nitrogen and oxygen atoms in total. The lowest BCUT2D eigenvalue weighted by molar-refractivity contribution is -0.274. The Morgan fingerprint density at radius 1 is 1.00 bits per heavy atom. The van der Waals surface area contributed by atoms with Gasteiger partial charge in [-0.3, -0.25) is 24.1 Å². The minimum Gasteiger partial charge on any atom is -0.508 e. The summed E-state index contributed by atoms with van der Waals surface area (Å²) in [6, 6.07) is 2.84. The zero-order chi connectivity index (χ0) is 28.5. The number of allylic oxidation sites excluding steroid dienone is 6. The number of ketones is 2. The topological polar surface area (TPSA) is 101 Å². The quantitative estimate of drug-likeness (QED) is 0.277. The summed E-state index contributed by atoms with van der Waals surface area (Å²) in [5, 5.41) is 10.8. The van der Waals surface area contributed by atoms with Gasteiger partial charge in [0, 0.05) is 34.7 Å². The van der Waals surface area contributed by atoms with Gasteiger partial charge in [-0.25, -0.2) is 0 Å². The molecule has 1 saturated heterocycles. The number of amides is 2. The molecule has 0 bridgehead atoms. The second-order valence-corrected chi connectivity index (χ2v) is 11.9. The van der Waals surface area contributed by atoms with Crippen molar-refractivity contribution in [3.63, 3.8) is 0 Å². The van der Waals surface area contributed by atoms with Crippen LogP contribution in [0.5, 0.6) is 11.5 Å². The van der Waals surface area contributed by atoms with Crippen molar-refractivity contribution in [3.8, 4) is 11.5 Å². The van der Waals surface area contributed by atoms with Crippen molar-refractivity contribution in [1.29, 1.82) is 0 Å². The Morgan fingerprint density at radius 3 is 2.42 bits per heavy atom. The minimum atomic E-state index is -4.99. The second kappa shape index (κ2) is 9.71. The average Bonchev–Trinajstić information content (AvgIpc) is 3.16. The second-order valence-electron chi connectivity index (χ2n) is 11.0. The number of hydrogen-bond donors (Lipinski definition) is 1. The summed E-state index contributed by atoms with van der Waals surface area (Å²) >= 11 is 3.14. The van der Waals surface area contributed by atoms with E-state index in [9.17, 15) is 37.5 Å². The number of carbonyl (C=O) groups excluding carboxylic acids is 4. The van der Waals surface area contributed by atoms with E-state index >= 15 is 0 Å². The van der Waals surface area contributed by atoms with Crippen LogP contribution in [0.25, 0.3) is 0 Å². The Hall–Kier alpha value is -3.21. The van der Waals surface area contributed by atoms with Crippen molar-refractivity contribution in [2.45, 2.75) is 63.3 Å². The van der Waals surface area contributed by atoms with Crippen molar-refractivity contribution < 1.29 is 42.2 Å². The lowest BCUT2D eigenvalue weighted by Gasteiger charge is -2.42. The molecule has 4 aliphatic carbocycles. The Morgan fingerprint density at radius 2 is 1.73 bits per heavy atom. The molecule has 1 saturated carbocycles. The largest absolute Gasteiger partial charge is 0.573 e. The number of fused-ring (bicyclic) bond motifs is 3. The van der Waals surface area contributed by atoms with Crippen LogP contribution in [0.1, 0.15) is 56.4 Å². The van der Waals surface area contributed by atoms with Crippen molar-refractivity contribution in [2.75, 3.05) is 0 Å². The Bertz CT molecular complexity index is 1440. The number of carbonyl (C=O) groups is 4. The predicted octanol–water partition coefficient (Wildman–Crippen LogP) is 5.39. The van der Waals surface area contributed by atoms with Gasteiger partial charge in [0.15, 0.2) is 11.6 Å². The SMILES string of the molecule is O=C1C=C(Br)C(=O)C2=C1C(c1cc(OC(F)(F)F)ccc1O)C1=CCC3C(=O)N(C4CCCCC4)C(=O)C3C1C2. The molecule has 0 radical (unpaired) electrons. The molecular weight excluding hydrogens is 595 g/mol. The van der Waals surface area contributed by atoms with E-state index in [1.807, 2.05) is 0 Å². The first-order valence-corrected chi connectivity index (χ1v) is 14.1. The van der Waals surface area contributed by atoms with E-state index in [4.69, 9.17) is 0 Å². The molecule has 4 unspecified atom stereocenters. The van der Waals surface area contributed by atoms with Gasteiger partial charge in [-0.15, -0.1) is 13.2 Å². The van der Waals surface area contributed by atoms with Gasteiger partial charge in [-0.2, -0.15) is 0 Å². The maximum Gasteiger partial charge on any atom is 0.573 e. The Labute approximate surface area is 235 Å². The van der Waals surface area contributed by atoms with Gasteiger partial charge in [-0.1, -0.05) is 30.9 Å². The molecule has 1 aromatic rings. The van der Waals surface area contributed by atoms with Crippen LogP contribution in [0.4, 0.5) is 13.2 Å². The minimum absolute atomic E-state index is 0.0311. The van der Waals surface area contributed by atoms with Crippen molar-refractivity contribution in [1.82, 2.24) is 4.90 Å². The summed E-state index contributed by atoms with van der Waals surface area (Å²) in [5.74, 6) is -5.63. The normalized spacial score (nSPS) is 29.1. The molecular formula is C29H25BrF3NO6. The first-order chi connectivity index (χ1) is 19.0. The third-order valence-corrected chi connectivity index (χ3v) is 9.44. The molecule has 2 fully saturated rings. The van der Waals surface area contributed by atoms with Crippen molar-refractivity contribution in [2.24, 2.45) is 17.8 Å². The Kier molecular flexibility index (Phi) is 6.55. The van der Waals surface area contributed by atoms with Crippen LogP contribution in [0.3, 0.4) is 0 Å². The third-order valence-electron chi connectivity index (χ3n) is 8.85. The number of nitrogens with zero attached hydrogens (tertiary/aromatic N) is 1. The summed E-state index contributed by atoms with van der Waals surface area (Å²) in [6.45, 7) is 0. The van der Waals surface area contributed by atoms with Gasteiger partial charge in [0.05, 0.1) is 16.3 Å². The number of phenolic OH excluding ortho intramolecular Hbond substituents is 1. The van der Waals surface area contributed by atoms with Crippen molar-refractivity contribution in [3.05, 3.63) is 57.1 Å². The van der Waals surface area contributed by atoms with Crippen LogP contribution in [0.15, 0.2) is 51.6 Å². The first kappa shape index (κ1) is 27.0. The molecule has 2 amide bonds. The van der Waals surface area contributed by atoms with E-state index in [1.54, 1.807) is 6.08 Å². The standard InChI is InChI=1S/C29H25BrF3NO6/c30-20-12-22(36)25-19(26(20)37)11-17-15(23(25)18-10-14(6-9-21(18)35)40-29(31,32)33)7-8-16-24(17)28(39)34(27(16)38)13-4-2-1-3-5-13/h6-7,9-10,12-13,16-17,23-24,35H,1-5,8,11H2. The van der Waals surface area contributed by atoms with Crippen LogP contribution >= 0.6 is 15.9 Å². The van der Waals surface area contributed by atoms with Crippen LogP contribution < -0.4 is 4.74 Å². The number of Topliss-reactive ketones (excluding diaryl/α,β-unsaturated/α-hetero) is 1. The van der Waals surface area contributed by atoms with Gasteiger partial charge in [-0.05, 0) is 65.7 Å². The molecule has 1 aliphatic heterocycles. The van der Waals surface area contributed by atoms with Gasteiger partial charge >= 0.3 is 6.36 Å². The maximum atomic E-state index is 13.9. The molecule has 6 rings (SSSR count). The number of phenols is 1. The number of ether oxygens (including phenoxy) is 1. The fraction of sp³-hybridized carbons (Fsp3) is 0.448. The molecule has 1 aromatic carbocycles. The van der Waals surface area contributed by atoms with E-state index in [2.05, 4.69) is 20.7 Å². The van der Waals surface area contributed by atoms with Gasteiger partial charge in [0.25, 0.3) is 0 Å². The van der Waals surface area contributed by atoms with Crippen LogP contribution in [-0.4, -0.2) is 45.8 Å². The lowest BCUT2D eigenvalue weighted by Crippen LogP contribution is -2.43. The maximum absolute atomic E-state index is 13.9. The zero-order valence-electron chi connectivity index (χ0n) is 21.2. The summed E-state index contributed by atoms with van der Waals surface area (Å²) in [4.78, 5) is 55.4. The highest BCUT2D eigenvalue weighted by Gasteiger charge is 2.57. The fourth-order valence-corrected chi connectivity index (χ4v) is 7.69. The number of rotatable bonds is 3. The van der Waals surface area contributed by atoms with Crippen LogP contribution in [-0.2, 0) is 19.2 Å². The number of aromatic hydroxyl groups is 1. The number of imide groups is 1. The predicted molar refractivity (Wildman–Crippen MR) is 138 cm³/mol. The van der Waals surface area contributed by atoms with E-state index in [-0.39, 0.29) is 57.6 Å². The highest BCUT2D eigenvalue weighted by atomic mass is 79.9. The zero-order valence-corrected chi connectivity index (χ0v) is 22.8. The van der Waals surface area contributed by atoms with Crippen molar-refractivity contribution >= 4 is 39.3 Å². The first-order valence-electron chi connectivity index (χ1n) is 13.3. The molecule has 1 N–H and O–H groups in total. The molecule has 5 aliphatic rings. The summed E-state index contributed by atoms with van der Waals surface area (Å²) < 4.78 is 43.2. The Balaban J connectivity index is 1.47. The smallest absolute Gasteiger partial charge is 0.508 e. The van der Waals surface area contributed by atoms with E-state index < -0.39 is 47.3 Å². The van der Waals surface area contributed by atoms with Crippen LogP contribution in [0.2, 0.25) is 0 Å². The van der Waals surface area contributed by atoms with Gasteiger partial charge in [0.1, 0.15) is 11.5 Å². The average molecular weight is 620 g/mol. The van der Waals surface area contributed by atoms with E-state index in [0.717, 1.165) is 56.4 Å².